The fourth-order valence-electron chi connectivity index (χ4n) is 3.01. The predicted octanol–water partition coefficient (Wildman–Crippen LogP) is 2.55. The Labute approximate surface area is 153 Å². The summed E-state index contributed by atoms with van der Waals surface area (Å²) in [5.41, 5.74) is 3.05. The number of hydrogen-bond acceptors (Lipinski definition) is 7. The number of ether oxygens (including phenoxy) is 1. The SMILES string of the molecule is Cc1conc1-c1nnc2c3ccccc3c(OCc3cnn(C)c3)nn12. The van der Waals surface area contributed by atoms with Crippen molar-refractivity contribution >= 4 is 16.4 Å². The molecule has 0 atom stereocenters. The Balaban J connectivity index is 1.67. The second-order valence-electron chi connectivity index (χ2n) is 6.27. The molecule has 27 heavy (non-hydrogen) atoms. The fraction of sp³-hybridized carbons (Fsp3) is 0.167. The molecule has 9 nitrogen and oxygen atoms in total. The largest absolute Gasteiger partial charge is 0.471 e. The summed E-state index contributed by atoms with van der Waals surface area (Å²) in [7, 11) is 1.87. The van der Waals surface area contributed by atoms with E-state index in [1.807, 2.05) is 44.4 Å². The molecule has 0 radical (unpaired) electrons. The van der Waals surface area contributed by atoms with Crippen LogP contribution in [0.4, 0.5) is 0 Å². The van der Waals surface area contributed by atoms with E-state index in [-0.39, 0.29) is 0 Å². The molecule has 5 aromatic rings. The van der Waals surface area contributed by atoms with Gasteiger partial charge < -0.3 is 9.26 Å². The standard InChI is InChI=1S/C18H15N7O2/c1-11-9-27-23-15(11)17-21-20-16-13-5-3-4-6-14(13)18(22-25(16)17)26-10-12-7-19-24(2)8-12/h3-9H,10H2,1-2H3. The van der Waals surface area contributed by atoms with Crippen LogP contribution in [0.15, 0.2) is 47.4 Å². The van der Waals surface area contributed by atoms with Gasteiger partial charge in [0.1, 0.15) is 12.9 Å². The molecule has 9 heteroatoms. The third-order valence-corrected chi connectivity index (χ3v) is 4.32. The molecule has 4 aromatic heterocycles. The Kier molecular flexibility index (Phi) is 3.39. The van der Waals surface area contributed by atoms with Gasteiger partial charge in [-0.15, -0.1) is 15.3 Å². The Morgan fingerprint density at radius 2 is 2.00 bits per heavy atom. The van der Waals surface area contributed by atoms with E-state index in [1.165, 1.54) is 0 Å². The fourth-order valence-corrected chi connectivity index (χ4v) is 3.01. The molecule has 0 N–H and O–H groups in total. The number of benzene rings is 1. The van der Waals surface area contributed by atoms with Crippen LogP contribution >= 0.6 is 0 Å². The smallest absolute Gasteiger partial charge is 0.240 e. The molecule has 1 aromatic carbocycles. The van der Waals surface area contributed by atoms with Gasteiger partial charge in [0.15, 0.2) is 11.3 Å². The predicted molar refractivity (Wildman–Crippen MR) is 96.1 cm³/mol. The van der Waals surface area contributed by atoms with Crippen molar-refractivity contribution in [2.24, 2.45) is 7.05 Å². The number of fused-ring (bicyclic) bond motifs is 3. The molecule has 0 unspecified atom stereocenters. The van der Waals surface area contributed by atoms with Crippen molar-refractivity contribution in [3.05, 3.63) is 54.0 Å². The van der Waals surface area contributed by atoms with Crippen LogP contribution in [-0.2, 0) is 13.7 Å². The zero-order valence-electron chi connectivity index (χ0n) is 14.7. The summed E-state index contributed by atoms with van der Waals surface area (Å²) in [5.74, 6) is 0.998. The summed E-state index contributed by atoms with van der Waals surface area (Å²) >= 11 is 0. The zero-order chi connectivity index (χ0) is 18.4. The molecule has 0 amide bonds. The number of aryl methyl sites for hydroxylation is 2. The maximum Gasteiger partial charge on any atom is 0.240 e. The summed E-state index contributed by atoms with van der Waals surface area (Å²) in [6.07, 6.45) is 5.24. The molecule has 0 spiro atoms. The first-order valence-corrected chi connectivity index (χ1v) is 8.36. The second kappa shape index (κ2) is 5.90. The minimum Gasteiger partial charge on any atom is -0.471 e. The molecular formula is C18H15N7O2. The van der Waals surface area contributed by atoms with Crippen LogP contribution in [0, 0.1) is 6.92 Å². The Morgan fingerprint density at radius 3 is 2.74 bits per heavy atom. The molecule has 0 fully saturated rings. The molecule has 0 aliphatic rings. The minimum absolute atomic E-state index is 0.358. The van der Waals surface area contributed by atoms with Gasteiger partial charge in [-0.1, -0.05) is 23.4 Å². The van der Waals surface area contributed by atoms with E-state index >= 15 is 0 Å². The maximum atomic E-state index is 6.01. The van der Waals surface area contributed by atoms with Gasteiger partial charge in [0.25, 0.3) is 0 Å². The highest BCUT2D eigenvalue weighted by Gasteiger charge is 2.19. The highest BCUT2D eigenvalue weighted by molar-refractivity contribution is 5.96. The third kappa shape index (κ3) is 2.51. The summed E-state index contributed by atoms with van der Waals surface area (Å²) in [5, 5.41) is 23.2. The van der Waals surface area contributed by atoms with Crippen LogP contribution in [0.3, 0.4) is 0 Å². The van der Waals surface area contributed by atoms with Gasteiger partial charge in [-0.25, -0.2) is 0 Å². The lowest BCUT2D eigenvalue weighted by atomic mass is 10.2. The average molecular weight is 361 g/mol. The highest BCUT2D eigenvalue weighted by Crippen LogP contribution is 2.29. The van der Waals surface area contributed by atoms with Gasteiger partial charge in [-0.2, -0.15) is 9.61 Å². The molecule has 0 aliphatic heterocycles. The van der Waals surface area contributed by atoms with E-state index < -0.39 is 0 Å². The van der Waals surface area contributed by atoms with Gasteiger partial charge in [0.2, 0.25) is 11.7 Å². The first kappa shape index (κ1) is 15.5. The van der Waals surface area contributed by atoms with Gasteiger partial charge in [0.05, 0.1) is 6.20 Å². The Bertz CT molecular complexity index is 1270. The number of aromatic nitrogens is 7. The van der Waals surface area contributed by atoms with E-state index in [1.54, 1.807) is 21.7 Å². The van der Waals surface area contributed by atoms with Crippen LogP contribution in [0.25, 0.3) is 27.9 Å². The van der Waals surface area contributed by atoms with Crippen molar-refractivity contribution in [2.45, 2.75) is 13.5 Å². The topological polar surface area (TPSA) is 96.2 Å². The van der Waals surface area contributed by atoms with Crippen LogP contribution < -0.4 is 4.74 Å². The van der Waals surface area contributed by atoms with E-state index in [4.69, 9.17) is 9.26 Å². The second-order valence-corrected chi connectivity index (χ2v) is 6.27. The quantitative estimate of drug-likeness (QED) is 0.485. The van der Waals surface area contributed by atoms with Crippen molar-refractivity contribution in [3.63, 3.8) is 0 Å². The molecular weight excluding hydrogens is 346 g/mol. The van der Waals surface area contributed by atoms with Crippen LogP contribution in [-0.4, -0.2) is 34.7 Å². The lowest BCUT2D eigenvalue weighted by molar-refractivity contribution is 0.293. The first-order valence-electron chi connectivity index (χ1n) is 8.36. The molecule has 0 bridgehead atoms. The summed E-state index contributed by atoms with van der Waals surface area (Å²) < 4.78 is 14.4. The Hall–Kier alpha value is -3.75. The molecule has 0 saturated heterocycles. The average Bonchev–Trinajstić information content (AvgIpc) is 3.39. The first-order chi connectivity index (χ1) is 13.2. The van der Waals surface area contributed by atoms with Crippen molar-refractivity contribution in [1.82, 2.24) is 34.7 Å². The molecule has 0 saturated carbocycles. The highest BCUT2D eigenvalue weighted by atomic mass is 16.5. The van der Waals surface area contributed by atoms with Crippen LogP contribution in [0.2, 0.25) is 0 Å². The normalized spacial score (nSPS) is 11.5. The number of hydrogen-bond donors (Lipinski definition) is 0. The zero-order valence-corrected chi connectivity index (χ0v) is 14.7. The van der Waals surface area contributed by atoms with Gasteiger partial charge in [0, 0.05) is 35.1 Å². The van der Waals surface area contributed by atoms with Gasteiger partial charge >= 0.3 is 0 Å². The van der Waals surface area contributed by atoms with E-state index in [0.29, 0.717) is 29.7 Å². The molecule has 134 valence electrons. The van der Waals surface area contributed by atoms with E-state index in [9.17, 15) is 0 Å². The monoisotopic (exact) mass is 361 g/mol. The number of nitrogens with zero attached hydrogens (tertiary/aromatic N) is 7. The van der Waals surface area contributed by atoms with Gasteiger partial charge in [-0.05, 0) is 13.0 Å². The minimum atomic E-state index is 0.358. The van der Waals surface area contributed by atoms with Crippen LogP contribution in [0.1, 0.15) is 11.1 Å². The van der Waals surface area contributed by atoms with Crippen molar-refractivity contribution in [1.29, 1.82) is 0 Å². The summed E-state index contributed by atoms with van der Waals surface area (Å²) in [6, 6.07) is 7.81. The molecule has 5 rings (SSSR count). The lowest BCUT2D eigenvalue weighted by Gasteiger charge is -2.09. The van der Waals surface area contributed by atoms with Crippen LogP contribution in [0.5, 0.6) is 5.88 Å². The van der Waals surface area contributed by atoms with E-state index in [2.05, 4.69) is 25.6 Å². The summed E-state index contributed by atoms with van der Waals surface area (Å²) in [6.45, 7) is 2.25. The Morgan fingerprint density at radius 1 is 1.15 bits per heavy atom. The third-order valence-electron chi connectivity index (χ3n) is 4.32. The van der Waals surface area contributed by atoms with Gasteiger partial charge in [-0.3, -0.25) is 4.68 Å². The summed E-state index contributed by atoms with van der Waals surface area (Å²) in [4.78, 5) is 0. The van der Waals surface area contributed by atoms with Crippen molar-refractivity contribution in [2.75, 3.05) is 0 Å². The lowest BCUT2D eigenvalue weighted by Crippen LogP contribution is -2.03. The van der Waals surface area contributed by atoms with E-state index in [0.717, 1.165) is 21.9 Å². The molecule has 4 heterocycles. The number of rotatable bonds is 4. The van der Waals surface area contributed by atoms with Crippen molar-refractivity contribution in [3.8, 4) is 17.4 Å². The van der Waals surface area contributed by atoms with Crippen molar-refractivity contribution < 1.29 is 9.26 Å². The maximum absolute atomic E-state index is 6.01. The molecule has 0 aliphatic carbocycles.